The van der Waals surface area contributed by atoms with E-state index < -0.39 is 11.9 Å². The number of anilines is 1. The number of carbonyl (C=O) groups is 2. The van der Waals surface area contributed by atoms with Gasteiger partial charge < -0.3 is 15.2 Å². The van der Waals surface area contributed by atoms with Crippen LogP contribution in [0.5, 0.6) is 5.75 Å². The second kappa shape index (κ2) is 10.7. The van der Waals surface area contributed by atoms with Crippen LogP contribution in [0.25, 0.3) is 16.8 Å². The van der Waals surface area contributed by atoms with Crippen molar-refractivity contribution in [3.8, 4) is 11.8 Å². The molecule has 0 aliphatic carbocycles. The number of carboxylic acid groups (broad SMARTS) is 1. The zero-order valence-electron chi connectivity index (χ0n) is 18.4. The average molecular weight is 527 g/mol. The molecule has 0 radical (unpaired) electrons. The summed E-state index contributed by atoms with van der Waals surface area (Å²) < 4.78 is 6.47. The van der Waals surface area contributed by atoms with Crippen LogP contribution in [-0.4, -0.2) is 17.0 Å². The van der Waals surface area contributed by atoms with Gasteiger partial charge in [0.05, 0.1) is 10.0 Å². The number of carboxylic acids is 1. The molecule has 0 aliphatic rings. The van der Waals surface area contributed by atoms with Crippen LogP contribution in [0.1, 0.15) is 21.5 Å². The first-order valence-electron chi connectivity index (χ1n) is 10.6. The highest BCUT2D eigenvalue weighted by Crippen LogP contribution is 2.28. The number of halogens is 1. The van der Waals surface area contributed by atoms with Crippen LogP contribution in [0, 0.1) is 11.3 Å². The molecule has 4 aromatic rings. The molecule has 2 N–H and O–H groups in total. The van der Waals surface area contributed by atoms with Gasteiger partial charge in [-0.15, -0.1) is 0 Å². The first kappa shape index (κ1) is 23.7. The first-order valence-corrected chi connectivity index (χ1v) is 11.4. The average Bonchev–Trinajstić information content (AvgIpc) is 2.86. The molecule has 0 aliphatic heterocycles. The molecule has 6 nitrogen and oxygen atoms in total. The fourth-order valence-electron chi connectivity index (χ4n) is 3.41. The highest BCUT2D eigenvalue weighted by molar-refractivity contribution is 9.10. The third kappa shape index (κ3) is 5.94. The quantitative estimate of drug-likeness (QED) is 0.213. The minimum atomic E-state index is -0.980. The van der Waals surface area contributed by atoms with Gasteiger partial charge >= 0.3 is 5.97 Å². The summed E-state index contributed by atoms with van der Waals surface area (Å²) in [5.41, 5.74) is 2.26. The molecule has 4 rings (SSSR count). The third-order valence-corrected chi connectivity index (χ3v) is 5.85. The topological polar surface area (TPSA) is 99.4 Å². The standard InChI is InChI=1S/C28H19BrN2O4/c29-25-14-19(7-12-26(25)35-17-18-5-8-21(9-6-18)28(33)34)13-23(16-30)27(32)31-24-11-10-20-3-1-2-4-22(20)15-24/h1-15H,17H2,(H,31,32)(H,33,34). The van der Waals surface area contributed by atoms with E-state index in [9.17, 15) is 14.9 Å². The van der Waals surface area contributed by atoms with E-state index >= 15 is 0 Å². The number of hydrogen-bond donors (Lipinski definition) is 2. The van der Waals surface area contributed by atoms with Gasteiger partial charge in [0.25, 0.3) is 5.91 Å². The molecule has 0 bridgehead atoms. The molecule has 0 fully saturated rings. The normalized spacial score (nSPS) is 11.0. The second-order valence-electron chi connectivity index (χ2n) is 7.67. The second-order valence-corrected chi connectivity index (χ2v) is 8.52. The summed E-state index contributed by atoms with van der Waals surface area (Å²) in [7, 11) is 0. The molecule has 0 spiro atoms. The van der Waals surface area contributed by atoms with Gasteiger partial charge in [-0.25, -0.2) is 4.79 Å². The van der Waals surface area contributed by atoms with Crippen LogP contribution < -0.4 is 10.1 Å². The molecule has 172 valence electrons. The predicted octanol–water partition coefficient (Wildman–Crippen LogP) is 6.43. The Balaban J connectivity index is 1.44. The van der Waals surface area contributed by atoms with E-state index in [1.165, 1.54) is 18.2 Å². The van der Waals surface area contributed by atoms with Crippen LogP contribution >= 0.6 is 15.9 Å². The monoisotopic (exact) mass is 526 g/mol. The Morgan fingerprint density at radius 2 is 1.71 bits per heavy atom. The molecule has 0 heterocycles. The number of aromatic carboxylic acids is 1. The summed E-state index contributed by atoms with van der Waals surface area (Å²) in [6, 6.07) is 27.0. The summed E-state index contributed by atoms with van der Waals surface area (Å²) in [4.78, 5) is 23.6. The highest BCUT2D eigenvalue weighted by atomic mass is 79.9. The largest absolute Gasteiger partial charge is 0.488 e. The maximum absolute atomic E-state index is 12.7. The zero-order chi connectivity index (χ0) is 24.8. The summed E-state index contributed by atoms with van der Waals surface area (Å²) in [5.74, 6) is -0.904. The maximum atomic E-state index is 12.7. The van der Waals surface area contributed by atoms with E-state index in [4.69, 9.17) is 9.84 Å². The summed E-state index contributed by atoms with van der Waals surface area (Å²) >= 11 is 3.46. The van der Waals surface area contributed by atoms with Crippen LogP contribution in [0.4, 0.5) is 5.69 Å². The Kier molecular flexibility index (Phi) is 7.24. The molecular weight excluding hydrogens is 508 g/mol. The Labute approximate surface area is 210 Å². The molecular formula is C28H19BrN2O4. The van der Waals surface area contributed by atoms with Crippen molar-refractivity contribution in [3.63, 3.8) is 0 Å². The fraction of sp³-hybridized carbons (Fsp3) is 0.0357. The molecule has 4 aromatic carbocycles. The highest BCUT2D eigenvalue weighted by Gasteiger charge is 2.11. The van der Waals surface area contributed by atoms with Crippen molar-refractivity contribution >= 4 is 50.3 Å². The van der Waals surface area contributed by atoms with Gasteiger partial charge in [-0.05, 0) is 80.3 Å². The minimum absolute atomic E-state index is 0.0303. The number of amides is 1. The maximum Gasteiger partial charge on any atom is 0.335 e. The van der Waals surface area contributed by atoms with Gasteiger partial charge in [-0.2, -0.15) is 5.26 Å². The molecule has 0 aromatic heterocycles. The van der Waals surface area contributed by atoms with E-state index in [1.807, 2.05) is 42.5 Å². The number of carbonyl (C=O) groups excluding carboxylic acids is 1. The van der Waals surface area contributed by atoms with Crippen molar-refractivity contribution in [1.82, 2.24) is 0 Å². The van der Waals surface area contributed by atoms with Crippen LogP contribution in [0.2, 0.25) is 0 Å². The molecule has 7 heteroatoms. The number of rotatable bonds is 7. The van der Waals surface area contributed by atoms with Gasteiger partial charge in [0, 0.05) is 5.69 Å². The molecule has 35 heavy (non-hydrogen) atoms. The Morgan fingerprint density at radius 3 is 2.40 bits per heavy atom. The van der Waals surface area contributed by atoms with E-state index in [0.717, 1.165) is 16.3 Å². The van der Waals surface area contributed by atoms with Gasteiger partial charge in [-0.1, -0.05) is 48.5 Å². The van der Waals surface area contributed by atoms with Crippen molar-refractivity contribution < 1.29 is 19.4 Å². The number of benzene rings is 4. The Morgan fingerprint density at radius 1 is 0.971 bits per heavy atom. The molecule has 1 amide bonds. The van der Waals surface area contributed by atoms with E-state index in [0.29, 0.717) is 21.5 Å². The van der Waals surface area contributed by atoms with E-state index in [2.05, 4.69) is 21.2 Å². The van der Waals surface area contributed by atoms with Crippen molar-refractivity contribution in [3.05, 3.63) is 112 Å². The lowest BCUT2D eigenvalue weighted by atomic mass is 10.1. The SMILES string of the molecule is N#CC(=Cc1ccc(OCc2ccc(C(=O)O)cc2)c(Br)c1)C(=O)Nc1ccc2ccccc2c1. The van der Waals surface area contributed by atoms with Crippen molar-refractivity contribution in [2.45, 2.75) is 6.61 Å². The summed E-state index contributed by atoms with van der Waals surface area (Å²) in [6.45, 7) is 0.255. The van der Waals surface area contributed by atoms with Gasteiger partial charge in [0.15, 0.2) is 0 Å². The lowest BCUT2D eigenvalue weighted by Gasteiger charge is -2.10. The lowest BCUT2D eigenvalue weighted by molar-refractivity contribution is -0.112. The van der Waals surface area contributed by atoms with Crippen molar-refractivity contribution in [2.24, 2.45) is 0 Å². The van der Waals surface area contributed by atoms with Crippen LogP contribution in [0.15, 0.2) is 95.0 Å². The fourth-order valence-corrected chi connectivity index (χ4v) is 3.92. The smallest absolute Gasteiger partial charge is 0.335 e. The number of fused-ring (bicyclic) bond motifs is 1. The van der Waals surface area contributed by atoms with E-state index in [1.54, 1.807) is 36.4 Å². The Hall–Kier alpha value is -4.41. The number of hydrogen-bond acceptors (Lipinski definition) is 4. The number of nitrogens with one attached hydrogen (secondary N) is 1. The molecule has 0 saturated carbocycles. The Bertz CT molecular complexity index is 1490. The molecule has 0 unspecified atom stereocenters. The summed E-state index contributed by atoms with van der Waals surface area (Å²) in [5, 5.41) is 23.4. The summed E-state index contributed by atoms with van der Waals surface area (Å²) in [6.07, 6.45) is 1.51. The van der Waals surface area contributed by atoms with Crippen molar-refractivity contribution in [2.75, 3.05) is 5.32 Å². The number of nitriles is 1. The number of nitrogens with zero attached hydrogens (tertiary/aromatic N) is 1. The first-order chi connectivity index (χ1) is 16.9. The number of ether oxygens (including phenoxy) is 1. The predicted molar refractivity (Wildman–Crippen MR) is 138 cm³/mol. The van der Waals surface area contributed by atoms with Gasteiger partial charge in [0.1, 0.15) is 24.0 Å². The van der Waals surface area contributed by atoms with Crippen LogP contribution in [-0.2, 0) is 11.4 Å². The van der Waals surface area contributed by atoms with Crippen LogP contribution in [0.3, 0.4) is 0 Å². The zero-order valence-corrected chi connectivity index (χ0v) is 20.0. The molecule has 0 saturated heterocycles. The minimum Gasteiger partial charge on any atom is -0.488 e. The molecule has 0 atom stereocenters. The van der Waals surface area contributed by atoms with E-state index in [-0.39, 0.29) is 17.7 Å². The lowest BCUT2D eigenvalue weighted by Crippen LogP contribution is -2.13. The van der Waals surface area contributed by atoms with Crippen molar-refractivity contribution in [1.29, 1.82) is 5.26 Å². The van der Waals surface area contributed by atoms with Gasteiger partial charge in [-0.3, -0.25) is 4.79 Å². The van der Waals surface area contributed by atoms with Gasteiger partial charge in [0.2, 0.25) is 0 Å². The third-order valence-electron chi connectivity index (χ3n) is 5.23.